The second-order valence-corrected chi connectivity index (χ2v) is 6.97. The molecule has 0 fully saturated rings. The standard InChI is InChI=1S/C21H16F4N6O2/c1-33-15-5-2-11(7-26-15)6-12-3-4-13(18(22)31-12)17(32)14-8-27-19-16(14)20(30-10-29-19)28-9-21(23,24)25/h2-5,7-8,10H,6,9H2,1H3,(H2,27,28,29,30). The lowest BCUT2D eigenvalue weighted by atomic mass is 10.0. The van der Waals surface area contributed by atoms with Gasteiger partial charge >= 0.3 is 6.18 Å². The van der Waals surface area contributed by atoms with E-state index in [9.17, 15) is 22.4 Å². The number of halogens is 4. The van der Waals surface area contributed by atoms with Crippen molar-refractivity contribution in [3.63, 3.8) is 0 Å². The van der Waals surface area contributed by atoms with Gasteiger partial charge in [0.05, 0.1) is 23.6 Å². The molecule has 0 saturated carbocycles. The number of hydrogen-bond acceptors (Lipinski definition) is 7. The van der Waals surface area contributed by atoms with Crippen LogP contribution in [0.2, 0.25) is 0 Å². The minimum atomic E-state index is -4.50. The van der Waals surface area contributed by atoms with E-state index in [1.807, 2.05) is 0 Å². The number of aromatic amines is 1. The summed E-state index contributed by atoms with van der Waals surface area (Å²) in [5.41, 5.74) is 0.845. The average Bonchev–Trinajstić information content (AvgIpc) is 3.22. The molecule has 0 aliphatic carbocycles. The smallest absolute Gasteiger partial charge is 0.405 e. The number of methoxy groups -OCH3 is 1. The van der Waals surface area contributed by atoms with Crippen LogP contribution in [-0.2, 0) is 6.42 Å². The van der Waals surface area contributed by atoms with Crippen LogP contribution >= 0.6 is 0 Å². The minimum Gasteiger partial charge on any atom is -0.481 e. The number of anilines is 1. The van der Waals surface area contributed by atoms with Gasteiger partial charge in [0.15, 0.2) is 5.78 Å². The summed E-state index contributed by atoms with van der Waals surface area (Å²) in [4.78, 5) is 31.3. The number of carbonyl (C=O) groups excluding carboxylic acids is 1. The molecule has 0 spiro atoms. The predicted octanol–water partition coefficient (Wildman–Crippen LogP) is 3.69. The molecular formula is C21H16F4N6O2. The third kappa shape index (κ3) is 4.89. The lowest BCUT2D eigenvalue weighted by molar-refractivity contribution is -0.115. The molecule has 0 aromatic carbocycles. The maximum Gasteiger partial charge on any atom is 0.405 e. The fourth-order valence-electron chi connectivity index (χ4n) is 3.19. The number of carbonyl (C=O) groups is 1. The van der Waals surface area contributed by atoms with Gasteiger partial charge in [-0.1, -0.05) is 6.07 Å². The molecule has 0 saturated heterocycles. The van der Waals surface area contributed by atoms with Crippen molar-refractivity contribution in [2.45, 2.75) is 12.6 Å². The molecule has 33 heavy (non-hydrogen) atoms. The summed E-state index contributed by atoms with van der Waals surface area (Å²) in [5, 5.41) is 2.17. The summed E-state index contributed by atoms with van der Waals surface area (Å²) < 4.78 is 57.6. The van der Waals surface area contributed by atoms with Crippen LogP contribution in [0, 0.1) is 5.95 Å². The number of hydrogen-bond donors (Lipinski definition) is 2. The van der Waals surface area contributed by atoms with E-state index >= 15 is 0 Å². The van der Waals surface area contributed by atoms with Crippen molar-refractivity contribution in [1.29, 1.82) is 0 Å². The zero-order chi connectivity index (χ0) is 23.6. The first-order valence-corrected chi connectivity index (χ1v) is 9.57. The van der Waals surface area contributed by atoms with E-state index in [1.54, 1.807) is 18.3 Å². The number of pyridine rings is 2. The predicted molar refractivity (Wildman–Crippen MR) is 110 cm³/mol. The Hall–Kier alpha value is -4.09. The summed E-state index contributed by atoms with van der Waals surface area (Å²) >= 11 is 0. The molecule has 12 heteroatoms. The van der Waals surface area contributed by atoms with Crippen LogP contribution in [0.4, 0.5) is 23.4 Å². The Morgan fingerprint density at radius 3 is 2.61 bits per heavy atom. The highest BCUT2D eigenvalue weighted by Gasteiger charge is 2.28. The SMILES string of the molecule is COc1ccc(Cc2ccc(C(=O)c3c[nH]c4ncnc(NCC(F)(F)F)c34)c(F)n2)cn1. The summed E-state index contributed by atoms with van der Waals surface area (Å²) in [6, 6.07) is 6.19. The highest BCUT2D eigenvalue weighted by atomic mass is 19.4. The first kappa shape index (κ1) is 22.1. The zero-order valence-corrected chi connectivity index (χ0v) is 17.1. The van der Waals surface area contributed by atoms with Gasteiger partial charge in [-0.3, -0.25) is 4.79 Å². The molecular weight excluding hydrogens is 444 g/mol. The van der Waals surface area contributed by atoms with E-state index in [0.717, 1.165) is 11.9 Å². The van der Waals surface area contributed by atoms with Gasteiger partial charge in [0, 0.05) is 30.6 Å². The van der Waals surface area contributed by atoms with Gasteiger partial charge in [-0.25, -0.2) is 19.9 Å². The Balaban J connectivity index is 1.61. The Morgan fingerprint density at radius 2 is 1.94 bits per heavy atom. The number of aromatic nitrogens is 5. The number of ketones is 1. The molecule has 2 N–H and O–H groups in total. The number of H-pyrrole nitrogens is 1. The van der Waals surface area contributed by atoms with Crippen LogP contribution in [0.5, 0.6) is 5.88 Å². The molecule has 0 amide bonds. The van der Waals surface area contributed by atoms with Crippen molar-refractivity contribution in [2.24, 2.45) is 0 Å². The molecule has 170 valence electrons. The van der Waals surface area contributed by atoms with Crippen LogP contribution < -0.4 is 10.1 Å². The third-order valence-corrected chi connectivity index (χ3v) is 4.71. The van der Waals surface area contributed by atoms with Gasteiger partial charge in [-0.15, -0.1) is 0 Å². The lowest BCUT2D eigenvalue weighted by Crippen LogP contribution is -2.22. The highest BCUT2D eigenvalue weighted by Crippen LogP contribution is 2.27. The van der Waals surface area contributed by atoms with Crippen molar-refractivity contribution in [2.75, 3.05) is 19.0 Å². The Morgan fingerprint density at radius 1 is 1.12 bits per heavy atom. The summed E-state index contributed by atoms with van der Waals surface area (Å²) in [6.45, 7) is -1.36. The van der Waals surface area contributed by atoms with E-state index < -0.39 is 24.5 Å². The van der Waals surface area contributed by atoms with Crippen molar-refractivity contribution < 1.29 is 27.1 Å². The number of rotatable bonds is 7. The number of nitrogens with zero attached hydrogens (tertiary/aromatic N) is 4. The molecule has 4 aromatic heterocycles. The van der Waals surface area contributed by atoms with Crippen molar-refractivity contribution in [1.82, 2.24) is 24.9 Å². The molecule has 4 aromatic rings. The maximum atomic E-state index is 14.7. The molecule has 0 radical (unpaired) electrons. The highest BCUT2D eigenvalue weighted by molar-refractivity contribution is 6.18. The average molecular weight is 460 g/mol. The van der Waals surface area contributed by atoms with Crippen LogP contribution in [-0.4, -0.2) is 50.5 Å². The van der Waals surface area contributed by atoms with Crippen LogP contribution in [0.15, 0.2) is 43.0 Å². The van der Waals surface area contributed by atoms with Gasteiger partial charge in [-0.2, -0.15) is 17.6 Å². The van der Waals surface area contributed by atoms with Crippen molar-refractivity contribution >= 4 is 22.6 Å². The molecule has 0 atom stereocenters. The van der Waals surface area contributed by atoms with Crippen LogP contribution in [0.25, 0.3) is 11.0 Å². The number of fused-ring (bicyclic) bond motifs is 1. The van der Waals surface area contributed by atoms with Gasteiger partial charge in [0.1, 0.15) is 24.3 Å². The first-order chi connectivity index (χ1) is 15.7. The Kier molecular flexibility index (Phi) is 5.90. The Labute approximate surface area is 184 Å². The first-order valence-electron chi connectivity index (χ1n) is 9.57. The van der Waals surface area contributed by atoms with Gasteiger partial charge in [-0.05, 0) is 17.7 Å². The normalized spacial score (nSPS) is 11.5. The van der Waals surface area contributed by atoms with E-state index in [-0.39, 0.29) is 34.4 Å². The van der Waals surface area contributed by atoms with E-state index in [4.69, 9.17) is 4.74 Å². The number of nitrogens with one attached hydrogen (secondary N) is 2. The second kappa shape index (κ2) is 8.81. The van der Waals surface area contributed by atoms with Crippen LogP contribution in [0.1, 0.15) is 27.2 Å². The second-order valence-electron chi connectivity index (χ2n) is 6.97. The summed E-state index contributed by atoms with van der Waals surface area (Å²) in [5.74, 6) is -1.53. The molecule has 8 nitrogen and oxygen atoms in total. The minimum absolute atomic E-state index is 0.0273. The molecule has 0 aliphatic heterocycles. The van der Waals surface area contributed by atoms with E-state index in [1.165, 1.54) is 25.4 Å². The topological polar surface area (TPSA) is 106 Å². The van der Waals surface area contributed by atoms with E-state index in [0.29, 0.717) is 11.6 Å². The molecule has 4 heterocycles. The molecule has 0 aliphatic rings. The van der Waals surface area contributed by atoms with Gasteiger partial charge < -0.3 is 15.0 Å². The number of alkyl halides is 3. The fraction of sp³-hybridized carbons (Fsp3) is 0.190. The van der Waals surface area contributed by atoms with Crippen LogP contribution in [0.3, 0.4) is 0 Å². The quantitative estimate of drug-likeness (QED) is 0.246. The summed E-state index contributed by atoms with van der Waals surface area (Å²) in [6.07, 6.45) is -0.357. The largest absolute Gasteiger partial charge is 0.481 e. The zero-order valence-electron chi connectivity index (χ0n) is 17.1. The van der Waals surface area contributed by atoms with Crippen molar-refractivity contribution in [3.05, 3.63) is 71.3 Å². The van der Waals surface area contributed by atoms with Gasteiger partial charge in [0.2, 0.25) is 11.8 Å². The molecule has 0 bridgehead atoms. The fourth-order valence-corrected chi connectivity index (χ4v) is 3.19. The maximum absolute atomic E-state index is 14.7. The number of ether oxygens (including phenoxy) is 1. The van der Waals surface area contributed by atoms with E-state index in [2.05, 4.69) is 30.2 Å². The summed E-state index contributed by atoms with van der Waals surface area (Å²) in [7, 11) is 1.49. The van der Waals surface area contributed by atoms with Crippen molar-refractivity contribution in [3.8, 4) is 5.88 Å². The lowest BCUT2D eigenvalue weighted by Gasteiger charge is -2.10. The monoisotopic (exact) mass is 460 g/mol. The van der Waals surface area contributed by atoms with Gasteiger partial charge in [0.25, 0.3) is 0 Å². The third-order valence-electron chi connectivity index (χ3n) is 4.71. The molecule has 4 rings (SSSR count). The Bertz CT molecular complexity index is 1300. The molecule has 0 unspecified atom stereocenters.